The van der Waals surface area contributed by atoms with E-state index in [4.69, 9.17) is 24.2 Å². The van der Waals surface area contributed by atoms with Crippen molar-refractivity contribution in [2.75, 3.05) is 14.2 Å². The van der Waals surface area contributed by atoms with Crippen molar-refractivity contribution in [3.05, 3.63) is 65.9 Å². The summed E-state index contributed by atoms with van der Waals surface area (Å²) in [6, 6.07) is 11.7. The van der Waals surface area contributed by atoms with Gasteiger partial charge in [0.25, 0.3) is 0 Å². The molecule has 60 heavy (non-hydrogen) atoms. The van der Waals surface area contributed by atoms with Crippen molar-refractivity contribution in [2.45, 2.75) is 109 Å². The maximum absolute atomic E-state index is 13.9. The molecule has 16 heteroatoms. The van der Waals surface area contributed by atoms with Crippen molar-refractivity contribution in [2.24, 2.45) is 5.92 Å². The third-order valence-electron chi connectivity index (χ3n) is 12.4. The van der Waals surface area contributed by atoms with Crippen LogP contribution in [0, 0.1) is 5.92 Å². The molecule has 16 nitrogen and oxygen atoms in total. The Morgan fingerprint density at radius 2 is 1.47 bits per heavy atom. The van der Waals surface area contributed by atoms with Crippen molar-refractivity contribution in [3.8, 4) is 28.1 Å². The van der Waals surface area contributed by atoms with E-state index in [1.807, 2.05) is 50.8 Å². The molecule has 0 aliphatic carbocycles. The Hall–Kier alpha value is -6.16. The SMILES string of the molecule is COC(=O)N[C@H](C(=O)N1[C@@H](C)CC[C@H]1c1ncc(-c2ccc3c(c2)COc2cc4c(ccc5nc([C@@H]6CC[C@H](C)N6C(=O)[C@@H](NC(=O)OC)[C@H](C)O)[nH]c54)cc2-3)[nH]1)C(C)C. The van der Waals surface area contributed by atoms with Gasteiger partial charge in [0.1, 0.15) is 36.1 Å². The Bertz CT molecular complexity index is 2480. The number of imidazole rings is 2. The average Bonchev–Trinajstić information content (AvgIpc) is 4.06. The maximum atomic E-state index is 13.9. The minimum Gasteiger partial charge on any atom is -0.488 e. The van der Waals surface area contributed by atoms with Gasteiger partial charge in [-0.05, 0) is 98.7 Å². The zero-order valence-corrected chi connectivity index (χ0v) is 34.9. The summed E-state index contributed by atoms with van der Waals surface area (Å²) >= 11 is 0. The van der Waals surface area contributed by atoms with Crippen LogP contribution in [0.3, 0.4) is 0 Å². The van der Waals surface area contributed by atoms with E-state index in [2.05, 4.69) is 44.9 Å². The second-order valence-corrected chi connectivity index (χ2v) is 16.6. The number of nitrogens with zero attached hydrogens (tertiary/aromatic N) is 4. The Morgan fingerprint density at radius 3 is 2.12 bits per heavy atom. The summed E-state index contributed by atoms with van der Waals surface area (Å²) in [5.74, 6) is 1.38. The first kappa shape index (κ1) is 40.6. The molecule has 0 radical (unpaired) electrons. The molecule has 7 atom stereocenters. The van der Waals surface area contributed by atoms with Crippen LogP contribution in [0.15, 0.2) is 48.7 Å². The average molecular weight is 821 g/mol. The monoisotopic (exact) mass is 820 g/mol. The number of likely N-dealkylation sites (tertiary alicyclic amines) is 2. The number of rotatable bonds is 9. The molecule has 3 aromatic carbocycles. The number of ether oxygens (including phenoxy) is 3. The number of nitrogens with one attached hydrogen (secondary N) is 4. The van der Waals surface area contributed by atoms with E-state index in [1.54, 1.807) is 11.1 Å². The number of fused-ring (bicyclic) bond motifs is 6. The van der Waals surface area contributed by atoms with Crippen LogP contribution < -0.4 is 15.4 Å². The molecule has 0 spiro atoms. The summed E-state index contributed by atoms with van der Waals surface area (Å²) in [4.78, 5) is 72.0. The summed E-state index contributed by atoms with van der Waals surface area (Å²) < 4.78 is 15.9. The first-order chi connectivity index (χ1) is 28.8. The lowest BCUT2D eigenvalue weighted by Gasteiger charge is -2.32. The number of hydrogen-bond donors (Lipinski definition) is 5. The van der Waals surface area contributed by atoms with Gasteiger partial charge in [-0.25, -0.2) is 19.6 Å². The predicted octanol–water partition coefficient (Wildman–Crippen LogP) is 6.26. The van der Waals surface area contributed by atoms with Gasteiger partial charge in [-0.15, -0.1) is 0 Å². The quantitative estimate of drug-likeness (QED) is 0.113. The van der Waals surface area contributed by atoms with Gasteiger partial charge in [-0.3, -0.25) is 9.59 Å². The molecular formula is C44H52N8O8. The highest BCUT2D eigenvalue weighted by molar-refractivity contribution is 6.07. The smallest absolute Gasteiger partial charge is 0.407 e. The minimum atomic E-state index is -1.17. The number of aromatic amines is 2. The van der Waals surface area contributed by atoms with E-state index >= 15 is 0 Å². The molecule has 316 valence electrons. The Morgan fingerprint density at radius 1 is 0.817 bits per heavy atom. The van der Waals surface area contributed by atoms with E-state index in [0.717, 1.165) is 74.8 Å². The minimum absolute atomic E-state index is 0.0231. The number of H-pyrrole nitrogens is 2. The van der Waals surface area contributed by atoms with Crippen LogP contribution in [0.5, 0.6) is 5.75 Å². The summed E-state index contributed by atoms with van der Waals surface area (Å²) in [6.07, 6.45) is 2.20. The van der Waals surface area contributed by atoms with Crippen LogP contribution in [-0.4, -0.2) is 103 Å². The van der Waals surface area contributed by atoms with Gasteiger partial charge < -0.3 is 49.7 Å². The van der Waals surface area contributed by atoms with Crippen molar-refractivity contribution in [3.63, 3.8) is 0 Å². The summed E-state index contributed by atoms with van der Waals surface area (Å²) in [6.45, 7) is 9.60. The number of carbonyl (C=O) groups excluding carboxylic acids is 4. The normalized spacial score (nSPS) is 21.3. The number of aromatic nitrogens is 4. The highest BCUT2D eigenvalue weighted by Crippen LogP contribution is 2.44. The van der Waals surface area contributed by atoms with Crippen LogP contribution in [0.1, 0.15) is 89.6 Å². The summed E-state index contributed by atoms with van der Waals surface area (Å²) in [5, 5.41) is 17.6. The molecule has 5 heterocycles. The van der Waals surface area contributed by atoms with Crippen LogP contribution in [0.2, 0.25) is 0 Å². The predicted molar refractivity (Wildman–Crippen MR) is 223 cm³/mol. The van der Waals surface area contributed by atoms with Gasteiger partial charge in [0, 0.05) is 23.0 Å². The second kappa shape index (κ2) is 16.1. The highest BCUT2D eigenvalue weighted by atomic mass is 16.5. The van der Waals surface area contributed by atoms with E-state index in [9.17, 15) is 24.3 Å². The summed E-state index contributed by atoms with van der Waals surface area (Å²) in [5.41, 5.74) is 6.41. The molecule has 0 saturated carbocycles. The van der Waals surface area contributed by atoms with Gasteiger partial charge in [0.2, 0.25) is 11.8 Å². The third-order valence-corrected chi connectivity index (χ3v) is 12.4. The number of aliphatic hydroxyl groups is 1. The first-order valence-electron chi connectivity index (χ1n) is 20.6. The van der Waals surface area contributed by atoms with E-state index in [-0.39, 0.29) is 36.0 Å². The van der Waals surface area contributed by atoms with Crippen molar-refractivity contribution < 1.29 is 38.5 Å². The lowest BCUT2D eigenvalue weighted by molar-refractivity contribution is -0.139. The fourth-order valence-electron chi connectivity index (χ4n) is 9.13. The lowest BCUT2D eigenvalue weighted by atomic mass is 9.92. The molecule has 8 rings (SSSR count). The number of benzene rings is 3. The molecule has 0 unspecified atom stereocenters. The number of hydrogen-bond acceptors (Lipinski definition) is 10. The molecule has 3 aliphatic rings. The molecule has 4 amide bonds. The highest BCUT2D eigenvalue weighted by Gasteiger charge is 2.43. The van der Waals surface area contributed by atoms with Crippen molar-refractivity contribution in [1.29, 1.82) is 0 Å². The van der Waals surface area contributed by atoms with Crippen molar-refractivity contribution >= 4 is 45.8 Å². The van der Waals surface area contributed by atoms with Gasteiger partial charge in [0.05, 0.1) is 55.3 Å². The summed E-state index contributed by atoms with van der Waals surface area (Å²) in [7, 11) is 2.50. The largest absolute Gasteiger partial charge is 0.488 e. The second-order valence-electron chi connectivity index (χ2n) is 16.6. The van der Waals surface area contributed by atoms with Crippen LogP contribution >= 0.6 is 0 Å². The van der Waals surface area contributed by atoms with Gasteiger partial charge in [-0.2, -0.15) is 0 Å². The topological polar surface area (TPSA) is 204 Å². The first-order valence-corrected chi connectivity index (χ1v) is 20.6. The third kappa shape index (κ3) is 7.26. The fraction of sp³-hybridized carbons (Fsp3) is 0.455. The standard InChI is InChI=1S/C44H52N8O8/c1-21(2)36(49-43(56)58-6)41(54)51-22(3)8-14-33(51)39-45-19-32(47-39)26-10-12-28-27(16-26)20-60-35-18-29-25(17-30(28)35)11-13-31-38(29)48-40(46-31)34-15-9-23(4)52(34)42(55)37(24(5)53)50-44(57)59-7/h10-13,16-19,21-24,33-34,36-37,53H,8-9,14-15,20H2,1-7H3,(H,45,47)(H,46,48)(H,49,56)(H,50,57)/t22-,23-,24-,33-,34-,36-,37-/m0/s1. The zero-order valence-electron chi connectivity index (χ0n) is 34.9. The van der Waals surface area contributed by atoms with Gasteiger partial charge in [-0.1, -0.05) is 32.0 Å². The molecule has 2 fully saturated rings. The van der Waals surface area contributed by atoms with Crippen LogP contribution in [-0.2, 0) is 25.7 Å². The molecule has 2 saturated heterocycles. The van der Waals surface area contributed by atoms with Gasteiger partial charge >= 0.3 is 12.2 Å². The van der Waals surface area contributed by atoms with Crippen molar-refractivity contribution in [1.82, 2.24) is 40.4 Å². The molecule has 0 bridgehead atoms. The molecular weight excluding hydrogens is 769 g/mol. The van der Waals surface area contributed by atoms with E-state index < -0.39 is 36.3 Å². The molecule has 3 aliphatic heterocycles. The number of methoxy groups -OCH3 is 2. The Kier molecular flexibility index (Phi) is 10.9. The Balaban J connectivity index is 1.05. The lowest BCUT2D eigenvalue weighted by Crippen LogP contribution is -2.54. The van der Waals surface area contributed by atoms with Gasteiger partial charge in [0.15, 0.2) is 0 Å². The number of alkyl carbamates (subject to hydrolysis) is 2. The van der Waals surface area contributed by atoms with Crippen LogP contribution in [0.4, 0.5) is 9.59 Å². The Labute approximate surface area is 347 Å². The molecule has 5 N–H and O–H groups in total. The maximum Gasteiger partial charge on any atom is 0.407 e. The van der Waals surface area contributed by atoms with Crippen LogP contribution in [0.25, 0.3) is 44.2 Å². The fourth-order valence-corrected chi connectivity index (χ4v) is 9.13. The number of aliphatic hydroxyl groups excluding tert-OH is 1. The zero-order chi connectivity index (χ0) is 42.6. The van der Waals surface area contributed by atoms with E-state index in [0.29, 0.717) is 24.7 Å². The molecule has 5 aromatic rings. The van der Waals surface area contributed by atoms with E-state index in [1.165, 1.54) is 21.1 Å². The number of carbonyl (C=O) groups is 4. The number of amides is 4. The molecule has 2 aromatic heterocycles.